The Morgan fingerprint density at radius 2 is 2.14 bits per heavy atom. The van der Waals surface area contributed by atoms with Gasteiger partial charge in [-0.05, 0) is 17.7 Å². The van der Waals surface area contributed by atoms with Crippen molar-refractivity contribution >= 4 is 17.0 Å². The lowest BCUT2D eigenvalue weighted by molar-refractivity contribution is -0.138. The van der Waals surface area contributed by atoms with E-state index in [-0.39, 0.29) is 12.5 Å². The lowest BCUT2D eigenvalue weighted by atomic mass is 9.98. The molecule has 0 radical (unpaired) electrons. The van der Waals surface area contributed by atoms with Crippen LogP contribution in [0.2, 0.25) is 0 Å². The highest BCUT2D eigenvalue weighted by molar-refractivity contribution is 5.76. The predicted molar refractivity (Wildman–Crippen MR) is 80.0 cm³/mol. The number of nitrogens with zero attached hydrogens (tertiary/aromatic N) is 2. The maximum atomic E-state index is 11.0. The number of nitrogens with one attached hydrogen (secondary N) is 1. The summed E-state index contributed by atoms with van der Waals surface area (Å²) in [4.78, 5) is 15.2. The first kappa shape index (κ1) is 15.5. The fraction of sp³-hybridized carbons (Fsp3) is 0.467. The molecule has 2 atom stereocenters. The minimum atomic E-state index is -0.939. The lowest BCUT2D eigenvalue weighted by Gasteiger charge is -2.25. The van der Waals surface area contributed by atoms with E-state index in [1.807, 2.05) is 37.6 Å². The highest BCUT2D eigenvalue weighted by Crippen LogP contribution is 2.23. The third kappa shape index (κ3) is 3.59. The van der Waals surface area contributed by atoms with Crippen molar-refractivity contribution in [3.63, 3.8) is 0 Å². The Balaban J connectivity index is 2.28. The summed E-state index contributed by atoms with van der Waals surface area (Å²) in [6.45, 7) is 3.84. The molecule has 114 valence electrons. The Morgan fingerprint density at radius 1 is 1.43 bits per heavy atom. The van der Waals surface area contributed by atoms with Crippen molar-refractivity contribution in [2.45, 2.75) is 38.5 Å². The van der Waals surface area contributed by atoms with E-state index < -0.39 is 18.1 Å². The second-order valence-corrected chi connectivity index (χ2v) is 5.57. The average molecular weight is 291 g/mol. The van der Waals surface area contributed by atoms with Crippen molar-refractivity contribution in [3.8, 4) is 0 Å². The second-order valence-electron chi connectivity index (χ2n) is 5.57. The molecule has 3 N–H and O–H groups in total. The SMILES string of the molecule is CC(C)NC(CC(=O)O)C(O)c1ccc2c(c1)ncn2C. The number of aromatic nitrogens is 2. The number of rotatable bonds is 6. The van der Waals surface area contributed by atoms with Crippen LogP contribution in [0.15, 0.2) is 24.5 Å². The van der Waals surface area contributed by atoms with Gasteiger partial charge in [-0.15, -0.1) is 0 Å². The molecule has 2 rings (SSSR count). The van der Waals surface area contributed by atoms with Crippen LogP contribution in [0.25, 0.3) is 11.0 Å². The van der Waals surface area contributed by atoms with E-state index in [0.29, 0.717) is 5.56 Å². The molecule has 2 aromatic rings. The van der Waals surface area contributed by atoms with Gasteiger partial charge < -0.3 is 20.1 Å². The number of hydrogen-bond acceptors (Lipinski definition) is 4. The van der Waals surface area contributed by atoms with Crippen molar-refractivity contribution in [1.82, 2.24) is 14.9 Å². The number of aryl methyl sites for hydroxylation is 1. The second kappa shape index (κ2) is 6.24. The first-order valence-electron chi connectivity index (χ1n) is 6.95. The third-order valence-corrected chi connectivity index (χ3v) is 3.41. The lowest BCUT2D eigenvalue weighted by Crippen LogP contribution is -2.40. The summed E-state index contributed by atoms with van der Waals surface area (Å²) in [7, 11) is 1.90. The highest BCUT2D eigenvalue weighted by Gasteiger charge is 2.24. The van der Waals surface area contributed by atoms with Crippen molar-refractivity contribution in [1.29, 1.82) is 0 Å². The predicted octanol–water partition coefficient (Wildman–Crippen LogP) is 1.45. The molecule has 6 nitrogen and oxygen atoms in total. The number of imidazole rings is 1. The van der Waals surface area contributed by atoms with E-state index in [0.717, 1.165) is 11.0 Å². The normalized spacial score (nSPS) is 14.5. The Morgan fingerprint density at radius 3 is 2.76 bits per heavy atom. The van der Waals surface area contributed by atoms with Crippen LogP contribution in [0, 0.1) is 0 Å². The molecule has 0 saturated carbocycles. The molecule has 6 heteroatoms. The Kier molecular flexibility index (Phi) is 4.59. The van der Waals surface area contributed by atoms with Gasteiger partial charge in [0.2, 0.25) is 0 Å². The summed E-state index contributed by atoms with van der Waals surface area (Å²) in [5.74, 6) is -0.939. The summed E-state index contributed by atoms with van der Waals surface area (Å²) >= 11 is 0. The molecule has 0 bridgehead atoms. The van der Waals surface area contributed by atoms with E-state index in [1.54, 1.807) is 12.4 Å². The van der Waals surface area contributed by atoms with Gasteiger partial charge in [-0.1, -0.05) is 19.9 Å². The van der Waals surface area contributed by atoms with Crippen LogP contribution >= 0.6 is 0 Å². The van der Waals surface area contributed by atoms with Gasteiger partial charge in [-0.2, -0.15) is 0 Å². The first-order chi connectivity index (χ1) is 9.88. The third-order valence-electron chi connectivity index (χ3n) is 3.41. The number of fused-ring (bicyclic) bond motifs is 1. The van der Waals surface area contributed by atoms with Crippen molar-refractivity contribution < 1.29 is 15.0 Å². The van der Waals surface area contributed by atoms with Crippen LogP contribution in [-0.2, 0) is 11.8 Å². The van der Waals surface area contributed by atoms with E-state index in [4.69, 9.17) is 5.11 Å². The minimum Gasteiger partial charge on any atom is -0.481 e. The molecular weight excluding hydrogens is 270 g/mol. The molecule has 0 aliphatic carbocycles. The van der Waals surface area contributed by atoms with Gasteiger partial charge in [-0.3, -0.25) is 4.79 Å². The summed E-state index contributed by atoms with van der Waals surface area (Å²) < 4.78 is 1.90. The number of aliphatic carboxylic acids is 1. The van der Waals surface area contributed by atoms with Gasteiger partial charge in [0.05, 0.1) is 29.9 Å². The van der Waals surface area contributed by atoms with Gasteiger partial charge >= 0.3 is 5.97 Å². The van der Waals surface area contributed by atoms with Gasteiger partial charge in [0, 0.05) is 19.1 Å². The molecule has 0 saturated heterocycles. The van der Waals surface area contributed by atoms with E-state index >= 15 is 0 Å². The van der Waals surface area contributed by atoms with Crippen LogP contribution in [-0.4, -0.2) is 37.8 Å². The van der Waals surface area contributed by atoms with Gasteiger partial charge in [0.1, 0.15) is 0 Å². The fourth-order valence-corrected chi connectivity index (χ4v) is 2.45. The molecule has 21 heavy (non-hydrogen) atoms. The molecule has 1 heterocycles. The zero-order chi connectivity index (χ0) is 15.6. The van der Waals surface area contributed by atoms with E-state index in [9.17, 15) is 9.90 Å². The smallest absolute Gasteiger partial charge is 0.305 e. The number of hydrogen-bond donors (Lipinski definition) is 3. The largest absolute Gasteiger partial charge is 0.481 e. The Hall–Kier alpha value is -1.92. The van der Waals surface area contributed by atoms with Crippen LogP contribution < -0.4 is 5.32 Å². The fourth-order valence-electron chi connectivity index (χ4n) is 2.45. The highest BCUT2D eigenvalue weighted by atomic mass is 16.4. The summed E-state index contributed by atoms with van der Waals surface area (Å²) in [6.07, 6.45) is 0.677. The zero-order valence-electron chi connectivity index (χ0n) is 12.4. The number of benzene rings is 1. The molecule has 1 aromatic heterocycles. The maximum Gasteiger partial charge on any atom is 0.305 e. The van der Waals surface area contributed by atoms with Crippen molar-refractivity contribution in [2.75, 3.05) is 0 Å². The molecule has 0 aliphatic heterocycles. The summed E-state index contributed by atoms with van der Waals surface area (Å²) in [6, 6.07) is 5.04. The van der Waals surface area contributed by atoms with Crippen molar-refractivity contribution in [3.05, 3.63) is 30.1 Å². The molecule has 2 unspecified atom stereocenters. The van der Waals surface area contributed by atoms with Crippen LogP contribution in [0.1, 0.15) is 31.9 Å². The average Bonchev–Trinajstić information content (AvgIpc) is 2.77. The van der Waals surface area contributed by atoms with E-state index in [2.05, 4.69) is 10.3 Å². The topological polar surface area (TPSA) is 87.4 Å². The zero-order valence-corrected chi connectivity index (χ0v) is 12.4. The minimum absolute atomic E-state index is 0.0857. The standard InChI is InChI=1S/C15H21N3O3/c1-9(2)17-12(7-14(19)20)15(21)10-4-5-13-11(6-10)16-8-18(13)3/h4-6,8-9,12,15,17,21H,7H2,1-3H3,(H,19,20). The summed E-state index contributed by atoms with van der Waals surface area (Å²) in [5.41, 5.74) is 2.42. The van der Waals surface area contributed by atoms with Crippen LogP contribution in [0.5, 0.6) is 0 Å². The van der Waals surface area contributed by atoms with Gasteiger partial charge in [-0.25, -0.2) is 4.98 Å². The van der Waals surface area contributed by atoms with Gasteiger partial charge in [0.25, 0.3) is 0 Å². The van der Waals surface area contributed by atoms with Crippen molar-refractivity contribution in [2.24, 2.45) is 7.05 Å². The maximum absolute atomic E-state index is 11.0. The number of aliphatic hydroxyl groups excluding tert-OH is 1. The number of carbonyl (C=O) groups is 1. The Bertz CT molecular complexity index is 636. The van der Waals surface area contributed by atoms with Crippen LogP contribution in [0.3, 0.4) is 0 Å². The number of carboxylic acid groups (broad SMARTS) is 1. The monoisotopic (exact) mass is 291 g/mol. The quantitative estimate of drug-likeness (QED) is 0.750. The molecule has 0 aliphatic rings. The molecule has 0 fully saturated rings. The molecule has 0 spiro atoms. The summed E-state index contributed by atoms with van der Waals surface area (Å²) in [5, 5.41) is 22.6. The van der Waals surface area contributed by atoms with E-state index in [1.165, 1.54) is 0 Å². The number of aliphatic hydroxyl groups is 1. The van der Waals surface area contributed by atoms with Crippen LogP contribution in [0.4, 0.5) is 0 Å². The molecule has 1 aromatic carbocycles. The first-order valence-corrected chi connectivity index (χ1v) is 6.95. The van der Waals surface area contributed by atoms with Gasteiger partial charge in [0.15, 0.2) is 0 Å². The Labute approximate surface area is 123 Å². The molecule has 0 amide bonds. The number of carboxylic acids is 1. The molecular formula is C15H21N3O3.